The van der Waals surface area contributed by atoms with Crippen LogP contribution in [-0.4, -0.2) is 21.9 Å². The molecule has 0 bridgehead atoms. The molecular weight excluding hydrogens is 369 g/mol. The molecule has 1 aromatic carbocycles. The molecule has 1 heterocycles. The maximum atomic E-state index is 13.4. The summed E-state index contributed by atoms with van der Waals surface area (Å²) in [6.45, 7) is 8.97. The van der Waals surface area contributed by atoms with Crippen molar-refractivity contribution in [1.29, 1.82) is 0 Å². The van der Waals surface area contributed by atoms with Crippen molar-refractivity contribution < 1.29 is 13.2 Å². The van der Waals surface area contributed by atoms with E-state index >= 15 is 0 Å². The van der Waals surface area contributed by atoms with E-state index in [1.807, 2.05) is 31.2 Å². The van der Waals surface area contributed by atoms with Crippen molar-refractivity contribution in [2.45, 2.75) is 38.3 Å². The van der Waals surface area contributed by atoms with Gasteiger partial charge in [-0.3, -0.25) is 0 Å². The Bertz CT molecular complexity index is 861. The van der Waals surface area contributed by atoms with Gasteiger partial charge >= 0.3 is 6.18 Å². The van der Waals surface area contributed by atoms with E-state index in [-0.39, 0.29) is 0 Å². The summed E-state index contributed by atoms with van der Waals surface area (Å²) in [4.78, 5) is 8.55. The lowest BCUT2D eigenvalue weighted by atomic mass is 10.1. The molecule has 0 fully saturated rings. The molecule has 2 rings (SSSR count). The van der Waals surface area contributed by atoms with Crippen molar-refractivity contribution in [3.05, 3.63) is 65.5 Å². The average Bonchev–Trinajstić information content (AvgIpc) is 2.99. The van der Waals surface area contributed by atoms with Gasteiger partial charge in [-0.15, -0.1) is 18.3 Å². The van der Waals surface area contributed by atoms with Crippen molar-refractivity contribution in [2.24, 2.45) is 0 Å². The summed E-state index contributed by atoms with van der Waals surface area (Å²) in [6, 6.07) is 7.68. The zero-order valence-corrected chi connectivity index (χ0v) is 16.5. The molecule has 144 valence electrons. The summed E-state index contributed by atoms with van der Waals surface area (Å²) in [6.07, 6.45) is 0.225. The Morgan fingerprint density at radius 3 is 2.63 bits per heavy atom. The van der Waals surface area contributed by atoms with E-state index in [0.29, 0.717) is 29.2 Å². The summed E-state index contributed by atoms with van der Waals surface area (Å²) < 4.78 is 40.2. The molecule has 27 heavy (non-hydrogen) atoms. The van der Waals surface area contributed by atoms with Crippen molar-refractivity contribution in [3.63, 3.8) is 0 Å². The number of aromatic amines is 1. The Labute approximate surface area is 162 Å². The molecule has 1 N–H and O–H groups in total. The minimum atomic E-state index is -4.43. The third-order valence-corrected chi connectivity index (χ3v) is 5.07. The number of H-pyrrole nitrogens is 1. The predicted octanol–water partition coefficient (Wildman–Crippen LogP) is 6.97. The lowest BCUT2D eigenvalue weighted by Gasteiger charge is -2.08. The number of aryl methyl sites for hydroxylation is 1. The number of benzene rings is 1. The molecule has 0 amide bonds. The van der Waals surface area contributed by atoms with Gasteiger partial charge in [0.25, 0.3) is 0 Å². The Kier molecular flexibility index (Phi) is 7.13. The third-order valence-electron chi connectivity index (χ3n) is 4.00. The molecule has 0 aliphatic rings. The molecule has 0 saturated heterocycles. The molecular formula is C21H23F3N2S. The number of hydrogen-bond donors (Lipinski definition) is 1. The van der Waals surface area contributed by atoms with Crippen molar-refractivity contribution >= 4 is 17.8 Å². The maximum Gasteiger partial charge on any atom is 0.416 e. The summed E-state index contributed by atoms with van der Waals surface area (Å²) in [5.41, 5.74) is 1.72. The van der Waals surface area contributed by atoms with Crippen LogP contribution in [0.2, 0.25) is 0 Å². The molecule has 0 atom stereocenters. The van der Waals surface area contributed by atoms with Crippen molar-refractivity contribution in [2.75, 3.05) is 5.75 Å². The Hall–Kier alpha value is -2.21. The first-order chi connectivity index (χ1) is 12.8. The van der Waals surface area contributed by atoms with E-state index in [4.69, 9.17) is 0 Å². The number of imidazole rings is 1. The zero-order valence-electron chi connectivity index (χ0n) is 15.7. The van der Waals surface area contributed by atoms with Crippen LogP contribution in [0.4, 0.5) is 13.2 Å². The highest BCUT2D eigenvalue weighted by Crippen LogP contribution is 2.33. The number of aromatic nitrogens is 2. The number of alkyl halides is 3. The first kappa shape index (κ1) is 21.1. The van der Waals surface area contributed by atoms with E-state index in [9.17, 15) is 13.2 Å². The van der Waals surface area contributed by atoms with E-state index in [1.165, 1.54) is 6.08 Å². The van der Waals surface area contributed by atoms with Crippen LogP contribution in [0.1, 0.15) is 31.7 Å². The molecule has 0 aliphatic carbocycles. The highest BCUT2D eigenvalue weighted by atomic mass is 32.2. The number of nitrogens with zero attached hydrogens (tertiary/aromatic N) is 1. The molecule has 2 nitrogen and oxygen atoms in total. The van der Waals surface area contributed by atoms with Crippen LogP contribution in [-0.2, 0) is 0 Å². The third kappa shape index (κ3) is 5.63. The Balaban J connectivity index is 2.48. The average molecular weight is 392 g/mol. The van der Waals surface area contributed by atoms with Gasteiger partial charge in [0.05, 0.1) is 11.3 Å². The monoisotopic (exact) mass is 392 g/mol. The molecule has 0 radical (unpaired) electrons. The highest BCUT2D eigenvalue weighted by molar-refractivity contribution is 7.99. The quantitative estimate of drug-likeness (QED) is 0.313. The lowest BCUT2D eigenvalue weighted by molar-refractivity contribution is -0.0873. The second-order valence-corrected chi connectivity index (χ2v) is 7.20. The van der Waals surface area contributed by atoms with Crippen LogP contribution in [0.25, 0.3) is 17.5 Å². The lowest BCUT2D eigenvalue weighted by Crippen LogP contribution is -2.10. The van der Waals surface area contributed by atoms with Gasteiger partial charge < -0.3 is 4.98 Å². The molecule has 0 saturated carbocycles. The van der Waals surface area contributed by atoms with Gasteiger partial charge in [-0.2, -0.15) is 13.2 Å². The van der Waals surface area contributed by atoms with Crippen molar-refractivity contribution in [3.8, 4) is 11.4 Å². The van der Waals surface area contributed by atoms with Gasteiger partial charge in [0.1, 0.15) is 5.82 Å². The summed E-state index contributed by atoms with van der Waals surface area (Å²) in [7, 11) is 0. The topological polar surface area (TPSA) is 28.7 Å². The molecule has 2 aromatic rings. The number of hydrogen-bond acceptors (Lipinski definition) is 2. The minimum absolute atomic E-state index is 0.293. The van der Waals surface area contributed by atoms with Crippen LogP contribution in [0.5, 0.6) is 0 Å². The minimum Gasteiger partial charge on any atom is -0.342 e. The first-order valence-electron chi connectivity index (χ1n) is 8.62. The van der Waals surface area contributed by atoms with Crippen molar-refractivity contribution in [1.82, 2.24) is 9.97 Å². The number of thioether (sulfide) groups is 1. The van der Waals surface area contributed by atoms with E-state index in [1.54, 1.807) is 31.7 Å². The molecule has 0 spiro atoms. The summed E-state index contributed by atoms with van der Waals surface area (Å²) in [5.74, 6) is 1.30. The number of allylic oxidation sites excluding steroid dienone is 3. The van der Waals surface area contributed by atoms with Gasteiger partial charge in [-0.05, 0) is 32.4 Å². The van der Waals surface area contributed by atoms with Gasteiger partial charge in [-0.25, -0.2) is 4.98 Å². The molecule has 1 aromatic heterocycles. The van der Waals surface area contributed by atoms with Crippen LogP contribution in [0.3, 0.4) is 0 Å². The van der Waals surface area contributed by atoms with Gasteiger partial charge in [0.15, 0.2) is 0 Å². The number of halogens is 3. The summed E-state index contributed by atoms with van der Waals surface area (Å²) in [5, 5.41) is 0. The smallest absolute Gasteiger partial charge is 0.342 e. The van der Waals surface area contributed by atoms with Gasteiger partial charge in [0, 0.05) is 21.9 Å². The number of rotatable bonds is 7. The van der Waals surface area contributed by atoms with Crippen LogP contribution < -0.4 is 0 Å². The van der Waals surface area contributed by atoms with Crippen LogP contribution in [0.15, 0.2) is 59.0 Å². The zero-order chi connectivity index (χ0) is 20.0. The normalized spacial score (nSPS) is 13.1. The fraction of sp³-hybridized carbons (Fsp3) is 0.286. The Morgan fingerprint density at radius 2 is 2.00 bits per heavy atom. The number of nitrogens with one attached hydrogen (secondary N) is 1. The van der Waals surface area contributed by atoms with Crippen LogP contribution in [0, 0.1) is 6.92 Å². The highest BCUT2D eigenvalue weighted by Gasteiger charge is 2.32. The maximum absolute atomic E-state index is 13.4. The Morgan fingerprint density at radius 1 is 1.30 bits per heavy atom. The SMILES string of the molecule is C=CCSc1ccccc1-c1nc(/C=C(\C=C(\C)CC)C(F)(F)F)c(C)[nH]1. The fourth-order valence-corrected chi connectivity index (χ4v) is 3.19. The van der Waals surface area contributed by atoms with Gasteiger partial charge in [-0.1, -0.05) is 42.8 Å². The second kappa shape index (κ2) is 9.13. The fourth-order valence-electron chi connectivity index (χ4n) is 2.40. The van der Waals surface area contributed by atoms with Gasteiger partial charge in [0.2, 0.25) is 0 Å². The van der Waals surface area contributed by atoms with E-state index < -0.39 is 11.7 Å². The summed E-state index contributed by atoms with van der Waals surface area (Å²) >= 11 is 1.60. The predicted molar refractivity (Wildman–Crippen MR) is 108 cm³/mol. The standard InChI is InChI=1S/C21H23F3N2S/c1-5-11-27-19-10-8-7-9-17(19)20-25-15(4)18(26-20)13-16(21(22,23)24)12-14(3)6-2/h5,7-10,12-13H,1,6,11H2,2-4H3,(H,25,26)/b14-12-,16-13+. The second-order valence-electron chi connectivity index (χ2n) is 6.13. The van der Waals surface area contributed by atoms with E-state index in [0.717, 1.165) is 22.3 Å². The van der Waals surface area contributed by atoms with Crippen LogP contribution >= 0.6 is 11.8 Å². The largest absolute Gasteiger partial charge is 0.416 e. The molecule has 0 unspecified atom stereocenters. The molecule has 6 heteroatoms. The van der Waals surface area contributed by atoms with E-state index in [2.05, 4.69) is 16.5 Å². The molecule has 0 aliphatic heterocycles. The first-order valence-corrected chi connectivity index (χ1v) is 9.60.